The van der Waals surface area contributed by atoms with E-state index >= 15 is 0 Å². The highest BCUT2D eigenvalue weighted by molar-refractivity contribution is 6.11. The van der Waals surface area contributed by atoms with Crippen LogP contribution in [0.15, 0.2) is 48.5 Å². The Morgan fingerprint density at radius 3 is 2.75 bits per heavy atom. The minimum Gasteiger partial charge on any atom is -0.321 e. The number of fused-ring (bicyclic) bond motifs is 1. The van der Waals surface area contributed by atoms with Crippen LogP contribution in [-0.4, -0.2) is 15.7 Å². The van der Waals surface area contributed by atoms with Gasteiger partial charge in [0.25, 0.3) is 5.91 Å². The van der Waals surface area contributed by atoms with Crippen molar-refractivity contribution in [2.24, 2.45) is 7.05 Å². The van der Waals surface area contributed by atoms with Gasteiger partial charge in [-0.1, -0.05) is 30.3 Å². The first-order valence-electron chi connectivity index (χ1n) is 6.45. The first-order valence-corrected chi connectivity index (χ1v) is 6.45. The number of aryl methyl sites for hydroxylation is 2. The Morgan fingerprint density at radius 2 is 1.95 bits per heavy atom. The van der Waals surface area contributed by atoms with Gasteiger partial charge in [0.15, 0.2) is 5.69 Å². The summed E-state index contributed by atoms with van der Waals surface area (Å²) in [5.74, 6) is -0.188. The van der Waals surface area contributed by atoms with Crippen molar-refractivity contribution in [1.29, 1.82) is 0 Å². The lowest BCUT2D eigenvalue weighted by Gasteiger charge is -2.04. The predicted octanol–water partition coefficient (Wildman–Crippen LogP) is 3.13. The number of aromatic nitrogens is 2. The lowest BCUT2D eigenvalue weighted by molar-refractivity contribution is 0.102. The normalized spacial score (nSPS) is 10.7. The summed E-state index contributed by atoms with van der Waals surface area (Å²) < 4.78 is 1.72. The number of rotatable bonds is 2. The SMILES string of the molecule is Cc1cccc(NC(=O)c2nn(C)c3ccccc23)c1. The third kappa shape index (κ3) is 2.16. The molecule has 20 heavy (non-hydrogen) atoms. The van der Waals surface area contributed by atoms with Crippen LogP contribution in [0.5, 0.6) is 0 Å². The van der Waals surface area contributed by atoms with Gasteiger partial charge >= 0.3 is 0 Å². The molecule has 0 bridgehead atoms. The van der Waals surface area contributed by atoms with Crippen LogP contribution in [0.25, 0.3) is 10.9 Å². The van der Waals surface area contributed by atoms with Gasteiger partial charge in [-0.15, -0.1) is 0 Å². The van der Waals surface area contributed by atoms with Gasteiger partial charge in [0.1, 0.15) is 0 Å². The Morgan fingerprint density at radius 1 is 1.15 bits per heavy atom. The highest BCUT2D eigenvalue weighted by Crippen LogP contribution is 2.19. The zero-order valence-electron chi connectivity index (χ0n) is 11.4. The highest BCUT2D eigenvalue weighted by Gasteiger charge is 2.15. The minimum absolute atomic E-state index is 0.188. The maximum atomic E-state index is 12.4. The molecule has 0 unspecified atom stereocenters. The predicted molar refractivity (Wildman–Crippen MR) is 79.8 cm³/mol. The van der Waals surface area contributed by atoms with Gasteiger partial charge in [-0.05, 0) is 30.7 Å². The fraction of sp³-hybridized carbons (Fsp3) is 0.125. The molecule has 0 aliphatic rings. The second-order valence-corrected chi connectivity index (χ2v) is 4.81. The molecule has 0 saturated carbocycles. The Balaban J connectivity index is 1.97. The van der Waals surface area contributed by atoms with E-state index in [2.05, 4.69) is 10.4 Å². The van der Waals surface area contributed by atoms with E-state index in [1.54, 1.807) is 4.68 Å². The van der Waals surface area contributed by atoms with E-state index in [1.165, 1.54) is 0 Å². The molecule has 0 aliphatic carbocycles. The number of anilines is 1. The summed E-state index contributed by atoms with van der Waals surface area (Å²) >= 11 is 0. The number of hydrogen-bond acceptors (Lipinski definition) is 2. The van der Waals surface area contributed by atoms with Crippen molar-refractivity contribution in [2.45, 2.75) is 6.92 Å². The summed E-state index contributed by atoms with van der Waals surface area (Å²) in [5, 5.41) is 8.06. The molecule has 0 atom stereocenters. The lowest BCUT2D eigenvalue weighted by atomic mass is 10.2. The maximum Gasteiger partial charge on any atom is 0.276 e. The van der Waals surface area contributed by atoms with Crippen molar-refractivity contribution in [1.82, 2.24) is 9.78 Å². The van der Waals surface area contributed by atoms with Gasteiger partial charge in [-0.2, -0.15) is 5.10 Å². The quantitative estimate of drug-likeness (QED) is 0.773. The van der Waals surface area contributed by atoms with E-state index in [0.717, 1.165) is 22.2 Å². The van der Waals surface area contributed by atoms with Crippen LogP contribution < -0.4 is 5.32 Å². The van der Waals surface area contributed by atoms with Crippen LogP contribution in [0.1, 0.15) is 16.1 Å². The van der Waals surface area contributed by atoms with Crippen LogP contribution in [0, 0.1) is 6.92 Å². The topological polar surface area (TPSA) is 46.9 Å². The van der Waals surface area contributed by atoms with Crippen LogP contribution in [-0.2, 0) is 7.05 Å². The number of carbonyl (C=O) groups is 1. The third-order valence-electron chi connectivity index (χ3n) is 3.25. The Bertz CT molecular complexity index is 789. The molecule has 4 heteroatoms. The highest BCUT2D eigenvalue weighted by atomic mass is 16.1. The summed E-state index contributed by atoms with van der Waals surface area (Å²) in [4.78, 5) is 12.4. The van der Waals surface area contributed by atoms with Crippen molar-refractivity contribution >= 4 is 22.5 Å². The third-order valence-corrected chi connectivity index (χ3v) is 3.25. The zero-order valence-corrected chi connectivity index (χ0v) is 11.4. The van der Waals surface area contributed by atoms with Crippen molar-refractivity contribution in [3.8, 4) is 0 Å². The average Bonchev–Trinajstić information content (AvgIpc) is 2.77. The molecule has 1 aromatic heterocycles. The molecule has 4 nitrogen and oxygen atoms in total. The zero-order chi connectivity index (χ0) is 14.1. The second kappa shape index (κ2) is 4.81. The van der Waals surface area contributed by atoms with E-state index in [9.17, 15) is 4.79 Å². The minimum atomic E-state index is -0.188. The van der Waals surface area contributed by atoms with Gasteiger partial charge in [0.2, 0.25) is 0 Å². The molecular formula is C16H15N3O. The van der Waals surface area contributed by atoms with Gasteiger partial charge in [0.05, 0.1) is 5.52 Å². The Hall–Kier alpha value is -2.62. The largest absolute Gasteiger partial charge is 0.321 e. The number of nitrogens with zero attached hydrogens (tertiary/aromatic N) is 2. The maximum absolute atomic E-state index is 12.4. The molecule has 1 heterocycles. The number of benzene rings is 2. The van der Waals surface area contributed by atoms with Crippen molar-refractivity contribution in [2.75, 3.05) is 5.32 Å². The molecule has 1 N–H and O–H groups in total. The fourth-order valence-electron chi connectivity index (χ4n) is 2.29. The first-order chi connectivity index (χ1) is 9.65. The number of carbonyl (C=O) groups excluding carboxylic acids is 1. The van der Waals surface area contributed by atoms with Crippen LogP contribution in [0.2, 0.25) is 0 Å². The van der Waals surface area contributed by atoms with Gasteiger partial charge in [-0.3, -0.25) is 9.48 Å². The summed E-state index contributed by atoms with van der Waals surface area (Å²) in [6.45, 7) is 1.99. The molecule has 0 fully saturated rings. The van der Waals surface area contributed by atoms with Gasteiger partial charge in [-0.25, -0.2) is 0 Å². The Labute approximate surface area is 117 Å². The van der Waals surface area contributed by atoms with Crippen molar-refractivity contribution in [3.63, 3.8) is 0 Å². The summed E-state index contributed by atoms with van der Waals surface area (Å²) in [5.41, 5.74) is 3.28. The first kappa shape index (κ1) is 12.4. The average molecular weight is 265 g/mol. The van der Waals surface area contributed by atoms with E-state index in [4.69, 9.17) is 0 Å². The molecule has 2 aromatic carbocycles. The summed E-state index contributed by atoms with van der Waals surface area (Å²) in [7, 11) is 1.84. The number of amides is 1. The molecule has 3 aromatic rings. The molecule has 1 amide bonds. The summed E-state index contributed by atoms with van der Waals surface area (Å²) in [6, 6.07) is 15.4. The van der Waals surface area contributed by atoms with Crippen molar-refractivity contribution < 1.29 is 4.79 Å². The number of nitrogens with one attached hydrogen (secondary N) is 1. The van der Waals surface area contributed by atoms with Crippen LogP contribution in [0.4, 0.5) is 5.69 Å². The smallest absolute Gasteiger partial charge is 0.276 e. The monoisotopic (exact) mass is 265 g/mol. The standard InChI is InChI=1S/C16H15N3O/c1-11-6-5-7-12(10-11)17-16(20)15-13-8-3-4-9-14(13)19(2)18-15/h3-10H,1-2H3,(H,17,20). The molecular weight excluding hydrogens is 250 g/mol. The fourth-order valence-corrected chi connectivity index (χ4v) is 2.29. The van der Waals surface area contributed by atoms with E-state index in [1.807, 2.05) is 62.5 Å². The van der Waals surface area contributed by atoms with Gasteiger partial charge in [0, 0.05) is 18.1 Å². The Kier molecular flexibility index (Phi) is 2.99. The van der Waals surface area contributed by atoms with E-state index < -0.39 is 0 Å². The van der Waals surface area contributed by atoms with Crippen molar-refractivity contribution in [3.05, 3.63) is 59.8 Å². The van der Waals surface area contributed by atoms with Crippen LogP contribution in [0.3, 0.4) is 0 Å². The van der Waals surface area contributed by atoms with E-state index in [0.29, 0.717) is 5.69 Å². The van der Waals surface area contributed by atoms with Gasteiger partial charge < -0.3 is 5.32 Å². The van der Waals surface area contributed by atoms with Crippen LogP contribution >= 0.6 is 0 Å². The van der Waals surface area contributed by atoms with E-state index in [-0.39, 0.29) is 5.91 Å². The molecule has 3 rings (SSSR count). The summed E-state index contributed by atoms with van der Waals surface area (Å²) in [6.07, 6.45) is 0. The lowest BCUT2D eigenvalue weighted by Crippen LogP contribution is -2.13. The number of hydrogen-bond donors (Lipinski definition) is 1. The number of para-hydroxylation sites is 1. The molecule has 0 saturated heterocycles. The molecule has 0 spiro atoms. The second-order valence-electron chi connectivity index (χ2n) is 4.81. The molecule has 100 valence electrons. The molecule has 0 radical (unpaired) electrons. The molecule has 0 aliphatic heterocycles.